The Bertz CT molecular complexity index is 536. The fraction of sp³-hybridized carbons (Fsp3) is 0.231. The summed E-state index contributed by atoms with van der Waals surface area (Å²) in [5.41, 5.74) is 1.28. The van der Waals surface area contributed by atoms with Gasteiger partial charge in [-0.15, -0.1) is 0 Å². The van der Waals surface area contributed by atoms with Crippen molar-refractivity contribution in [2.24, 2.45) is 0 Å². The van der Waals surface area contributed by atoms with Crippen LogP contribution in [-0.4, -0.2) is 37.2 Å². The molecule has 2 atom stereocenters. The lowest BCUT2D eigenvalue weighted by molar-refractivity contribution is -0.141. The summed E-state index contributed by atoms with van der Waals surface area (Å²) in [7, 11) is 0. The molecule has 0 saturated heterocycles. The van der Waals surface area contributed by atoms with Crippen LogP contribution in [0, 0.1) is 0 Å². The number of aliphatic carboxylic acids is 1. The molecule has 6 heteroatoms. The molecule has 2 aromatic rings. The van der Waals surface area contributed by atoms with Crippen molar-refractivity contribution in [3.05, 3.63) is 48.3 Å². The number of aliphatic hydroxyl groups is 2. The van der Waals surface area contributed by atoms with Crippen molar-refractivity contribution in [1.82, 2.24) is 9.78 Å². The number of carbonyl (C=O) groups is 1. The van der Waals surface area contributed by atoms with Crippen LogP contribution in [0.1, 0.15) is 18.1 Å². The van der Waals surface area contributed by atoms with Crippen molar-refractivity contribution in [3.63, 3.8) is 0 Å². The molecule has 6 nitrogen and oxygen atoms in total. The molecule has 100 valence electrons. The van der Waals surface area contributed by atoms with Crippen LogP contribution in [0.15, 0.2) is 42.7 Å². The Morgan fingerprint density at radius 1 is 1.26 bits per heavy atom. The van der Waals surface area contributed by atoms with Gasteiger partial charge in [-0.1, -0.05) is 12.1 Å². The van der Waals surface area contributed by atoms with Crippen LogP contribution in [0.3, 0.4) is 0 Å². The number of nitrogens with zero attached hydrogens (tertiary/aromatic N) is 2. The molecular formula is C13H14N2O4. The lowest BCUT2D eigenvalue weighted by Crippen LogP contribution is -2.21. The second kappa shape index (κ2) is 5.64. The summed E-state index contributed by atoms with van der Waals surface area (Å²) in [6, 6.07) is 8.52. The van der Waals surface area contributed by atoms with E-state index in [0.717, 1.165) is 5.69 Å². The molecule has 0 saturated carbocycles. The van der Waals surface area contributed by atoms with E-state index in [1.54, 1.807) is 47.4 Å². The van der Waals surface area contributed by atoms with Crippen molar-refractivity contribution in [2.75, 3.05) is 0 Å². The van der Waals surface area contributed by atoms with E-state index >= 15 is 0 Å². The molecule has 0 amide bonds. The summed E-state index contributed by atoms with van der Waals surface area (Å²) >= 11 is 0. The molecular weight excluding hydrogens is 248 g/mol. The molecule has 0 spiro atoms. The number of carboxylic acids is 1. The van der Waals surface area contributed by atoms with Crippen LogP contribution in [0.25, 0.3) is 5.69 Å². The Labute approximate surface area is 109 Å². The third-order valence-electron chi connectivity index (χ3n) is 2.75. The number of carboxylic acid groups (broad SMARTS) is 1. The highest BCUT2D eigenvalue weighted by atomic mass is 16.4. The van der Waals surface area contributed by atoms with E-state index in [1.807, 2.05) is 0 Å². The third-order valence-corrected chi connectivity index (χ3v) is 2.75. The van der Waals surface area contributed by atoms with Gasteiger partial charge in [0.05, 0.1) is 18.2 Å². The minimum Gasteiger partial charge on any atom is -0.481 e. The Balaban J connectivity index is 2.12. The standard InChI is InChI=1S/C13H14N2O4/c16-11(8-12(17)18)13(19)9-2-4-10(5-3-9)15-7-1-6-14-15/h1-7,11,13,16,19H,8H2,(H,17,18). The van der Waals surface area contributed by atoms with Gasteiger partial charge in [-0.2, -0.15) is 5.10 Å². The van der Waals surface area contributed by atoms with E-state index < -0.39 is 24.6 Å². The quantitative estimate of drug-likeness (QED) is 0.738. The summed E-state index contributed by atoms with van der Waals surface area (Å²) in [4.78, 5) is 10.5. The van der Waals surface area contributed by atoms with Gasteiger partial charge in [-0.05, 0) is 23.8 Å². The van der Waals surface area contributed by atoms with Crippen LogP contribution < -0.4 is 0 Å². The van der Waals surface area contributed by atoms with Crippen LogP contribution >= 0.6 is 0 Å². The summed E-state index contributed by atoms with van der Waals surface area (Å²) < 4.78 is 1.66. The van der Waals surface area contributed by atoms with Crippen molar-refractivity contribution in [1.29, 1.82) is 0 Å². The van der Waals surface area contributed by atoms with Crippen LogP contribution in [0.5, 0.6) is 0 Å². The molecule has 2 rings (SSSR count). The van der Waals surface area contributed by atoms with Crippen molar-refractivity contribution in [2.45, 2.75) is 18.6 Å². The maximum Gasteiger partial charge on any atom is 0.306 e. The number of rotatable bonds is 5. The number of hydrogen-bond acceptors (Lipinski definition) is 4. The molecule has 0 aliphatic carbocycles. The van der Waals surface area contributed by atoms with E-state index in [9.17, 15) is 15.0 Å². The Morgan fingerprint density at radius 3 is 2.47 bits per heavy atom. The fourth-order valence-electron chi connectivity index (χ4n) is 1.76. The van der Waals surface area contributed by atoms with E-state index in [1.165, 1.54) is 0 Å². The SMILES string of the molecule is O=C(O)CC(O)C(O)c1ccc(-n2cccn2)cc1. The molecule has 0 bridgehead atoms. The molecule has 0 fully saturated rings. The highest BCUT2D eigenvalue weighted by molar-refractivity contribution is 5.67. The van der Waals surface area contributed by atoms with E-state index in [-0.39, 0.29) is 0 Å². The number of benzene rings is 1. The van der Waals surface area contributed by atoms with E-state index in [2.05, 4.69) is 5.10 Å². The Hall–Kier alpha value is -2.18. The van der Waals surface area contributed by atoms with Crippen molar-refractivity contribution < 1.29 is 20.1 Å². The molecule has 1 aromatic heterocycles. The monoisotopic (exact) mass is 262 g/mol. The second-order valence-corrected chi connectivity index (χ2v) is 4.15. The second-order valence-electron chi connectivity index (χ2n) is 4.15. The summed E-state index contributed by atoms with van der Waals surface area (Å²) in [5, 5.41) is 32.0. The van der Waals surface area contributed by atoms with Gasteiger partial charge in [-0.3, -0.25) is 4.79 Å². The predicted octanol–water partition coefficient (Wildman–Crippen LogP) is 0.741. The minimum atomic E-state index is -1.33. The zero-order chi connectivity index (χ0) is 13.8. The molecule has 0 aliphatic heterocycles. The van der Waals surface area contributed by atoms with E-state index in [0.29, 0.717) is 5.56 Å². The zero-order valence-corrected chi connectivity index (χ0v) is 10.0. The average Bonchev–Trinajstić information content (AvgIpc) is 2.91. The molecule has 1 aromatic carbocycles. The van der Waals surface area contributed by atoms with Crippen LogP contribution in [0.4, 0.5) is 0 Å². The lowest BCUT2D eigenvalue weighted by atomic mass is 10.0. The maximum atomic E-state index is 10.5. The first kappa shape index (κ1) is 13.3. The van der Waals surface area contributed by atoms with Gasteiger partial charge in [0.2, 0.25) is 0 Å². The normalized spacial score (nSPS) is 14.0. The third kappa shape index (κ3) is 3.18. The average molecular weight is 262 g/mol. The Morgan fingerprint density at radius 2 is 1.95 bits per heavy atom. The molecule has 1 heterocycles. The van der Waals surface area contributed by atoms with Crippen molar-refractivity contribution >= 4 is 5.97 Å². The highest BCUT2D eigenvalue weighted by Gasteiger charge is 2.20. The highest BCUT2D eigenvalue weighted by Crippen LogP contribution is 2.20. The van der Waals surface area contributed by atoms with Gasteiger partial charge in [0.15, 0.2) is 0 Å². The molecule has 0 radical (unpaired) electrons. The number of aliphatic hydroxyl groups excluding tert-OH is 2. The first-order valence-corrected chi connectivity index (χ1v) is 5.76. The lowest BCUT2D eigenvalue weighted by Gasteiger charge is -2.16. The van der Waals surface area contributed by atoms with Gasteiger partial charge in [0.25, 0.3) is 0 Å². The summed E-state index contributed by atoms with van der Waals surface area (Å²) in [5.74, 6) is -1.15. The van der Waals surface area contributed by atoms with Crippen molar-refractivity contribution in [3.8, 4) is 5.69 Å². The number of aromatic nitrogens is 2. The Kier molecular flexibility index (Phi) is 3.94. The maximum absolute atomic E-state index is 10.5. The molecule has 0 aliphatic rings. The van der Waals surface area contributed by atoms with Gasteiger partial charge in [-0.25, -0.2) is 4.68 Å². The fourth-order valence-corrected chi connectivity index (χ4v) is 1.76. The predicted molar refractivity (Wildman–Crippen MR) is 66.8 cm³/mol. The smallest absolute Gasteiger partial charge is 0.306 e. The minimum absolute atomic E-state index is 0.463. The van der Waals surface area contributed by atoms with Gasteiger partial charge >= 0.3 is 5.97 Å². The van der Waals surface area contributed by atoms with Crippen LogP contribution in [0.2, 0.25) is 0 Å². The van der Waals surface area contributed by atoms with Gasteiger partial charge < -0.3 is 15.3 Å². The largest absolute Gasteiger partial charge is 0.481 e. The molecule has 19 heavy (non-hydrogen) atoms. The van der Waals surface area contributed by atoms with Gasteiger partial charge in [0.1, 0.15) is 6.10 Å². The first-order chi connectivity index (χ1) is 9.08. The number of hydrogen-bond donors (Lipinski definition) is 3. The van der Waals surface area contributed by atoms with Gasteiger partial charge in [0, 0.05) is 12.4 Å². The molecule has 3 N–H and O–H groups in total. The first-order valence-electron chi connectivity index (χ1n) is 5.76. The molecule has 2 unspecified atom stereocenters. The summed E-state index contributed by atoms with van der Waals surface area (Å²) in [6.07, 6.45) is 0.391. The van der Waals surface area contributed by atoms with E-state index in [4.69, 9.17) is 5.11 Å². The topological polar surface area (TPSA) is 95.6 Å². The van der Waals surface area contributed by atoms with Crippen LogP contribution in [-0.2, 0) is 4.79 Å². The summed E-state index contributed by atoms with van der Waals surface area (Å²) in [6.45, 7) is 0. The zero-order valence-electron chi connectivity index (χ0n) is 10.0.